The maximum atomic E-state index is 11.5. The summed E-state index contributed by atoms with van der Waals surface area (Å²) in [5, 5.41) is 5.92. The lowest BCUT2D eigenvalue weighted by Gasteiger charge is -2.21. The van der Waals surface area contributed by atoms with E-state index in [0.29, 0.717) is 6.54 Å². The predicted octanol–water partition coefficient (Wildman–Crippen LogP) is 1.29. The van der Waals surface area contributed by atoms with Gasteiger partial charge in [0.25, 0.3) is 0 Å². The monoisotopic (exact) mass is 210 g/mol. The molecule has 0 aliphatic carbocycles. The summed E-state index contributed by atoms with van der Waals surface area (Å²) in [4.78, 5) is 11.5. The minimum atomic E-state index is -0.135. The molecule has 3 nitrogen and oxygen atoms in total. The highest BCUT2D eigenvalue weighted by atomic mass is 16.1. The van der Waals surface area contributed by atoms with Crippen molar-refractivity contribution in [3.05, 3.63) is 0 Å². The lowest BCUT2D eigenvalue weighted by molar-refractivity contribution is -0.120. The van der Waals surface area contributed by atoms with Crippen molar-refractivity contribution < 1.29 is 4.79 Å². The van der Waals surface area contributed by atoms with Gasteiger partial charge in [-0.05, 0) is 27.2 Å². The van der Waals surface area contributed by atoms with Crippen molar-refractivity contribution in [2.75, 3.05) is 6.54 Å². The van der Waals surface area contributed by atoms with E-state index in [2.05, 4.69) is 16.6 Å². The Bertz CT molecular complexity index is 235. The van der Waals surface area contributed by atoms with Gasteiger partial charge in [-0.15, -0.1) is 6.42 Å². The van der Waals surface area contributed by atoms with Crippen molar-refractivity contribution >= 4 is 5.91 Å². The van der Waals surface area contributed by atoms with Gasteiger partial charge < -0.3 is 10.6 Å². The lowest BCUT2D eigenvalue weighted by Crippen LogP contribution is -2.45. The number of carbonyl (C=O) groups excluding carboxylic acids is 1. The highest BCUT2D eigenvalue weighted by Gasteiger charge is 2.13. The standard InChI is InChI=1S/C12H22N2O/c1-6-8-10(7-2)14-11(15)9-13-12(3,4)5/h2,10,13H,6,8-9H2,1,3-5H3,(H,14,15). The van der Waals surface area contributed by atoms with Crippen LogP contribution in [0.25, 0.3) is 0 Å². The van der Waals surface area contributed by atoms with Crippen LogP contribution in [0.3, 0.4) is 0 Å². The molecule has 0 aromatic heterocycles. The van der Waals surface area contributed by atoms with Gasteiger partial charge >= 0.3 is 0 Å². The molecule has 0 radical (unpaired) electrons. The number of nitrogens with one attached hydrogen (secondary N) is 2. The second kappa shape index (κ2) is 6.47. The van der Waals surface area contributed by atoms with Crippen LogP contribution in [-0.4, -0.2) is 24.0 Å². The molecule has 0 rings (SSSR count). The zero-order chi connectivity index (χ0) is 11.9. The fourth-order valence-electron chi connectivity index (χ4n) is 1.08. The van der Waals surface area contributed by atoms with E-state index >= 15 is 0 Å². The largest absolute Gasteiger partial charge is 0.341 e. The Labute approximate surface area is 93.0 Å². The third-order valence-electron chi connectivity index (χ3n) is 1.89. The van der Waals surface area contributed by atoms with Crippen molar-refractivity contribution in [1.82, 2.24) is 10.6 Å². The lowest BCUT2D eigenvalue weighted by atomic mass is 10.1. The van der Waals surface area contributed by atoms with Crippen LogP contribution in [0.5, 0.6) is 0 Å². The van der Waals surface area contributed by atoms with E-state index in [9.17, 15) is 4.79 Å². The van der Waals surface area contributed by atoms with Crippen molar-refractivity contribution in [3.8, 4) is 12.3 Å². The Morgan fingerprint density at radius 3 is 2.47 bits per heavy atom. The van der Waals surface area contributed by atoms with E-state index < -0.39 is 0 Å². The summed E-state index contributed by atoms with van der Waals surface area (Å²) in [6, 6.07) is -0.135. The summed E-state index contributed by atoms with van der Waals surface area (Å²) in [6.45, 7) is 8.41. The van der Waals surface area contributed by atoms with Crippen LogP contribution >= 0.6 is 0 Å². The first-order chi connectivity index (χ1) is 6.89. The second-order valence-corrected chi connectivity index (χ2v) is 4.68. The molecule has 0 bridgehead atoms. The Morgan fingerprint density at radius 1 is 1.47 bits per heavy atom. The van der Waals surface area contributed by atoms with Gasteiger partial charge in [-0.1, -0.05) is 19.3 Å². The van der Waals surface area contributed by atoms with Crippen LogP contribution in [0.4, 0.5) is 0 Å². The van der Waals surface area contributed by atoms with Gasteiger partial charge in [0.2, 0.25) is 5.91 Å². The average molecular weight is 210 g/mol. The molecule has 0 saturated heterocycles. The van der Waals surface area contributed by atoms with Gasteiger partial charge in [-0.25, -0.2) is 0 Å². The van der Waals surface area contributed by atoms with Gasteiger partial charge in [-0.3, -0.25) is 4.79 Å². The molecule has 1 amide bonds. The molecule has 0 aromatic carbocycles. The summed E-state index contributed by atoms with van der Waals surface area (Å²) in [7, 11) is 0. The summed E-state index contributed by atoms with van der Waals surface area (Å²) in [5.41, 5.74) is -0.0479. The molecular formula is C12H22N2O. The number of rotatable bonds is 5. The van der Waals surface area contributed by atoms with E-state index in [1.807, 2.05) is 27.7 Å². The molecule has 0 aliphatic rings. The zero-order valence-corrected chi connectivity index (χ0v) is 10.2. The average Bonchev–Trinajstić information content (AvgIpc) is 2.13. The number of amides is 1. The van der Waals surface area contributed by atoms with Gasteiger partial charge in [0.05, 0.1) is 12.6 Å². The highest BCUT2D eigenvalue weighted by molar-refractivity contribution is 5.78. The van der Waals surface area contributed by atoms with Gasteiger partial charge in [0, 0.05) is 5.54 Å². The molecule has 0 aromatic rings. The van der Waals surface area contributed by atoms with E-state index in [1.165, 1.54) is 0 Å². The number of terminal acetylenes is 1. The fourth-order valence-corrected chi connectivity index (χ4v) is 1.08. The molecule has 2 N–H and O–H groups in total. The van der Waals surface area contributed by atoms with Crippen molar-refractivity contribution in [2.45, 2.75) is 52.1 Å². The number of carbonyl (C=O) groups is 1. The normalized spacial score (nSPS) is 13.0. The summed E-state index contributed by atoms with van der Waals surface area (Å²) in [5.74, 6) is 2.53. The molecule has 86 valence electrons. The van der Waals surface area contributed by atoms with E-state index in [4.69, 9.17) is 6.42 Å². The molecule has 0 fully saturated rings. The molecule has 15 heavy (non-hydrogen) atoms. The maximum absolute atomic E-state index is 11.5. The van der Waals surface area contributed by atoms with E-state index in [1.54, 1.807) is 0 Å². The quantitative estimate of drug-likeness (QED) is 0.671. The minimum Gasteiger partial charge on any atom is -0.341 e. The molecule has 1 unspecified atom stereocenters. The fraction of sp³-hybridized carbons (Fsp3) is 0.750. The SMILES string of the molecule is C#CC(CCC)NC(=O)CNC(C)(C)C. The van der Waals surface area contributed by atoms with E-state index in [0.717, 1.165) is 12.8 Å². The number of hydrogen-bond acceptors (Lipinski definition) is 2. The van der Waals surface area contributed by atoms with E-state index in [-0.39, 0.29) is 17.5 Å². The van der Waals surface area contributed by atoms with Crippen LogP contribution in [0.1, 0.15) is 40.5 Å². The van der Waals surface area contributed by atoms with Gasteiger partial charge in [-0.2, -0.15) is 0 Å². The highest BCUT2D eigenvalue weighted by Crippen LogP contribution is 1.98. The molecule has 0 heterocycles. The van der Waals surface area contributed by atoms with Gasteiger partial charge in [0.1, 0.15) is 0 Å². The minimum absolute atomic E-state index is 0.0404. The van der Waals surface area contributed by atoms with Crippen molar-refractivity contribution in [2.24, 2.45) is 0 Å². The summed E-state index contributed by atoms with van der Waals surface area (Å²) < 4.78 is 0. The topological polar surface area (TPSA) is 41.1 Å². The Kier molecular flexibility index (Phi) is 6.03. The van der Waals surface area contributed by atoms with Crippen LogP contribution in [0.2, 0.25) is 0 Å². The van der Waals surface area contributed by atoms with Crippen LogP contribution in [0, 0.1) is 12.3 Å². The third kappa shape index (κ3) is 8.02. The summed E-state index contributed by atoms with van der Waals surface area (Å²) in [6.07, 6.45) is 7.11. The maximum Gasteiger partial charge on any atom is 0.234 e. The molecule has 0 spiro atoms. The summed E-state index contributed by atoms with van der Waals surface area (Å²) >= 11 is 0. The zero-order valence-electron chi connectivity index (χ0n) is 10.2. The predicted molar refractivity (Wildman–Crippen MR) is 63.4 cm³/mol. The molecule has 0 saturated carbocycles. The molecule has 0 aliphatic heterocycles. The van der Waals surface area contributed by atoms with Crippen molar-refractivity contribution in [1.29, 1.82) is 0 Å². The molecule has 3 heteroatoms. The Morgan fingerprint density at radius 2 is 2.07 bits per heavy atom. The first-order valence-corrected chi connectivity index (χ1v) is 5.39. The smallest absolute Gasteiger partial charge is 0.234 e. The first kappa shape index (κ1) is 14.0. The second-order valence-electron chi connectivity index (χ2n) is 4.68. The third-order valence-corrected chi connectivity index (χ3v) is 1.89. The van der Waals surface area contributed by atoms with Gasteiger partial charge in [0.15, 0.2) is 0 Å². The Hall–Kier alpha value is -1.01. The van der Waals surface area contributed by atoms with Crippen molar-refractivity contribution in [3.63, 3.8) is 0 Å². The Balaban J connectivity index is 3.88. The molecule has 1 atom stereocenters. The van der Waals surface area contributed by atoms with Crippen LogP contribution < -0.4 is 10.6 Å². The van der Waals surface area contributed by atoms with Crippen LogP contribution in [-0.2, 0) is 4.79 Å². The first-order valence-electron chi connectivity index (χ1n) is 5.39. The van der Waals surface area contributed by atoms with Crippen LogP contribution in [0.15, 0.2) is 0 Å². The molecular weight excluding hydrogens is 188 g/mol. The number of hydrogen-bond donors (Lipinski definition) is 2.